The van der Waals surface area contributed by atoms with Crippen molar-refractivity contribution >= 4 is 63.2 Å². The van der Waals surface area contributed by atoms with Crippen LogP contribution in [0.4, 0.5) is 22.0 Å². The molecule has 0 aliphatic rings. The molecule has 2 aromatic carbocycles. The molecule has 2 amide bonds. The topological polar surface area (TPSA) is 115 Å². The molecule has 0 aliphatic heterocycles. The Morgan fingerprint density at radius 3 is 2.52 bits per heavy atom. The number of carbonyl (C=O) groups is 2. The predicted molar refractivity (Wildman–Crippen MR) is 131 cm³/mol. The maximum atomic E-state index is 13.5. The lowest BCUT2D eigenvalue weighted by molar-refractivity contribution is 0.104. The third-order valence-electron chi connectivity index (χ3n) is 5.01. The maximum Gasteiger partial charge on any atom is 0.323 e. The Morgan fingerprint density at radius 2 is 1.79 bits per heavy atom. The van der Waals surface area contributed by atoms with E-state index in [9.17, 15) is 9.59 Å². The molecule has 2 heterocycles. The lowest BCUT2D eigenvalue weighted by Gasteiger charge is -2.11. The van der Waals surface area contributed by atoms with Crippen LogP contribution in [0, 0.1) is 0 Å². The molecule has 33 heavy (non-hydrogen) atoms. The number of nitrogen functional groups attached to an aromatic ring is 1. The van der Waals surface area contributed by atoms with Gasteiger partial charge in [-0.15, -0.1) is 0 Å². The van der Waals surface area contributed by atoms with E-state index in [1.807, 2.05) is 18.4 Å². The summed E-state index contributed by atoms with van der Waals surface area (Å²) in [4.78, 5) is 34.3. The zero-order valence-corrected chi connectivity index (χ0v) is 19.3. The van der Waals surface area contributed by atoms with Crippen molar-refractivity contribution in [2.24, 2.45) is 0 Å². The van der Waals surface area contributed by atoms with Gasteiger partial charge >= 0.3 is 6.03 Å². The van der Waals surface area contributed by atoms with E-state index in [2.05, 4.69) is 20.6 Å². The standard InChI is InChI=1S/C23H20Cl2N6O2/c1-12(2)31-10-16(18-21(26)27-11-28-22(18)31)20(32)15-7-4-8-17(19(15)25)30-23(33)29-14-6-3-5-13(24)9-14/h3-12H,1-2H3,(H2,26,27,28)(H2,29,30,33). The third kappa shape index (κ3) is 4.48. The first-order valence-corrected chi connectivity index (χ1v) is 10.8. The van der Waals surface area contributed by atoms with E-state index in [0.717, 1.165) is 0 Å². The number of carbonyl (C=O) groups excluding carboxylic acids is 2. The van der Waals surface area contributed by atoms with Gasteiger partial charge in [-0.3, -0.25) is 4.79 Å². The van der Waals surface area contributed by atoms with Crippen molar-refractivity contribution < 1.29 is 9.59 Å². The van der Waals surface area contributed by atoms with Gasteiger partial charge in [0.25, 0.3) is 0 Å². The van der Waals surface area contributed by atoms with Crippen molar-refractivity contribution in [1.29, 1.82) is 0 Å². The van der Waals surface area contributed by atoms with E-state index in [1.54, 1.807) is 48.7 Å². The molecule has 0 radical (unpaired) electrons. The number of amides is 2. The van der Waals surface area contributed by atoms with E-state index in [0.29, 0.717) is 27.3 Å². The number of fused-ring (bicyclic) bond motifs is 1. The number of rotatable bonds is 5. The molecule has 0 fully saturated rings. The maximum absolute atomic E-state index is 13.5. The second-order valence-corrected chi connectivity index (χ2v) is 8.40. The number of ketones is 1. The number of anilines is 3. The number of halogens is 2. The number of urea groups is 1. The largest absolute Gasteiger partial charge is 0.383 e. The van der Waals surface area contributed by atoms with Crippen molar-refractivity contribution in [1.82, 2.24) is 14.5 Å². The first-order chi connectivity index (χ1) is 15.8. The van der Waals surface area contributed by atoms with Gasteiger partial charge in [-0.05, 0) is 44.2 Å². The normalized spacial score (nSPS) is 11.1. The summed E-state index contributed by atoms with van der Waals surface area (Å²) < 4.78 is 1.86. The first kappa shape index (κ1) is 22.6. The highest BCUT2D eigenvalue weighted by Crippen LogP contribution is 2.32. The van der Waals surface area contributed by atoms with E-state index in [4.69, 9.17) is 28.9 Å². The number of nitrogens with two attached hydrogens (primary N) is 1. The molecule has 0 aliphatic carbocycles. The summed E-state index contributed by atoms with van der Waals surface area (Å²) in [6.07, 6.45) is 3.06. The Bertz CT molecular complexity index is 1380. The molecule has 0 saturated heterocycles. The number of benzene rings is 2. The number of hydrogen-bond donors (Lipinski definition) is 3. The molecule has 0 bridgehead atoms. The minimum atomic E-state index is -0.530. The van der Waals surface area contributed by atoms with Gasteiger partial charge < -0.3 is 20.9 Å². The zero-order valence-electron chi connectivity index (χ0n) is 17.8. The fourth-order valence-corrected chi connectivity index (χ4v) is 3.92. The Hall–Kier alpha value is -3.62. The molecule has 0 atom stereocenters. The van der Waals surface area contributed by atoms with E-state index in [-0.39, 0.29) is 33.9 Å². The number of aromatic nitrogens is 3. The van der Waals surface area contributed by atoms with Gasteiger partial charge in [0, 0.05) is 28.5 Å². The van der Waals surface area contributed by atoms with Crippen molar-refractivity contribution in [3.8, 4) is 0 Å². The van der Waals surface area contributed by atoms with Crippen LogP contribution in [0.25, 0.3) is 11.0 Å². The molecule has 8 nitrogen and oxygen atoms in total. The highest BCUT2D eigenvalue weighted by molar-refractivity contribution is 6.38. The Kier molecular flexibility index (Phi) is 6.22. The van der Waals surface area contributed by atoms with Crippen molar-refractivity contribution in [2.45, 2.75) is 19.9 Å². The van der Waals surface area contributed by atoms with Crippen LogP contribution in [0.15, 0.2) is 55.0 Å². The Labute approximate surface area is 199 Å². The van der Waals surface area contributed by atoms with Crippen LogP contribution in [0.1, 0.15) is 35.8 Å². The smallest absolute Gasteiger partial charge is 0.323 e. The summed E-state index contributed by atoms with van der Waals surface area (Å²) >= 11 is 12.5. The van der Waals surface area contributed by atoms with Gasteiger partial charge in [0.05, 0.1) is 21.7 Å². The molecule has 0 unspecified atom stereocenters. The van der Waals surface area contributed by atoms with E-state index in [1.165, 1.54) is 6.33 Å². The summed E-state index contributed by atoms with van der Waals surface area (Å²) in [7, 11) is 0. The quantitative estimate of drug-likeness (QED) is 0.312. The summed E-state index contributed by atoms with van der Waals surface area (Å²) in [6.45, 7) is 3.95. The summed E-state index contributed by atoms with van der Waals surface area (Å²) in [5, 5.41) is 6.39. The molecule has 4 aromatic rings. The highest BCUT2D eigenvalue weighted by Gasteiger charge is 2.24. The monoisotopic (exact) mass is 482 g/mol. The minimum Gasteiger partial charge on any atom is -0.383 e. The van der Waals surface area contributed by atoms with Gasteiger partial charge in [0.1, 0.15) is 17.8 Å². The molecule has 0 saturated carbocycles. The Balaban J connectivity index is 1.67. The second kappa shape index (κ2) is 9.09. The van der Waals surface area contributed by atoms with Gasteiger partial charge in [-0.25, -0.2) is 14.8 Å². The van der Waals surface area contributed by atoms with Crippen LogP contribution in [-0.2, 0) is 0 Å². The predicted octanol–water partition coefficient (Wildman–Crippen LogP) is 5.78. The van der Waals surface area contributed by atoms with Gasteiger partial charge in [0.2, 0.25) is 0 Å². The van der Waals surface area contributed by atoms with Gasteiger partial charge in [-0.1, -0.05) is 35.3 Å². The lowest BCUT2D eigenvalue weighted by Crippen LogP contribution is -2.20. The van der Waals surface area contributed by atoms with E-state index < -0.39 is 6.03 Å². The summed E-state index contributed by atoms with van der Waals surface area (Å²) in [6, 6.07) is 11.1. The van der Waals surface area contributed by atoms with Crippen LogP contribution >= 0.6 is 23.2 Å². The molecule has 0 spiro atoms. The molecule has 168 valence electrons. The van der Waals surface area contributed by atoms with Crippen molar-refractivity contribution in [3.63, 3.8) is 0 Å². The Morgan fingerprint density at radius 1 is 1.03 bits per heavy atom. The summed E-state index contributed by atoms with van der Waals surface area (Å²) in [5.74, 6) is -0.154. The fourth-order valence-electron chi connectivity index (χ4n) is 3.47. The SMILES string of the molecule is CC(C)n1cc(C(=O)c2cccc(NC(=O)Nc3cccc(Cl)c3)c2Cl)c2c(N)ncnc21. The highest BCUT2D eigenvalue weighted by atomic mass is 35.5. The molecule has 2 aromatic heterocycles. The van der Waals surface area contributed by atoms with Crippen LogP contribution in [-0.4, -0.2) is 26.3 Å². The second-order valence-electron chi connectivity index (χ2n) is 7.59. The average Bonchev–Trinajstić information content (AvgIpc) is 3.16. The van der Waals surface area contributed by atoms with E-state index >= 15 is 0 Å². The molecule has 4 rings (SSSR count). The molecular formula is C23H20Cl2N6O2. The molecule has 4 N–H and O–H groups in total. The van der Waals surface area contributed by atoms with Crippen LogP contribution < -0.4 is 16.4 Å². The average molecular weight is 483 g/mol. The molecular weight excluding hydrogens is 463 g/mol. The van der Waals surface area contributed by atoms with Gasteiger partial charge in [-0.2, -0.15) is 0 Å². The number of hydrogen-bond acceptors (Lipinski definition) is 5. The first-order valence-electron chi connectivity index (χ1n) is 10.0. The lowest BCUT2D eigenvalue weighted by atomic mass is 10.0. The minimum absolute atomic E-state index is 0.0435. The van der Waals surface area contributed by atoms with Crippen molar-refractivity contribution in [3.05, 3.63) is 76.2 Å². The fraction of sp³-hybridized carbons (Fsp3) is 0.130. The number of nitrogens with zero attached hydrogens (tertiary/aromatic N) is 3. The summed E-state index contributed by atoms with van der Waals surface area (Å²) in [5.41, 5.74) is 7.98. The van der Waals surface area contributed by atoms with Crippen LogP contribution in [0.3, 0.4) is 0 Å². The zero-order chi connectivity index (χ0) is 23.7. The van der Waals surface area contributed by atoms with Gasteiger partial charge in [0.15, 0.2) is 5.78 Å². The van der Waals surface area contributed by atoms with Crippen LogP contribution in [0.2, 0.25) is 10.0 Å². The van der Waals surface area contributed by atoms with Crippen LogP contribution in [0.5, 0.6) is 0 Å². The third-order valence-corrected chi connectivity index (χ3v) is 5.66. The molecule has 10 heteroatoms. The van der Waals surface area contributed by atoms with Crippen molar-refractivity contribution in [2.75, 3.05) is 16.4 Å². The number of nitrogens with one attached hydrogen (secondary N) is 2.